The number of nitrogens with zero attached hydrogens (tertiary/aromatic N) is 1. The summed E-state index contributed by atoms with van der Waals surface area (Å²) in [5.41, 5.74) is -0.593. The van der Waals surface area contributed by atoms with E-state index >= 15 is 0 Å². The molecule has 0 fully saturated rings. The summed E-state index contributed by atoms with van der Waals surface area (Å²) in [5, 5.41) is 0. The van der Waals surface area contributed by atoms with Crippen LogP contribution in [0, 0.1) is 9.52 Å². The second-order valence-corrected chi connectivity index (χ2v) is 2.83. The minimum atomic E-state index is -2.77. The molecule has 0 N–H and O–H groups in total. The van der Waals surface area contributed by atoms with E-state index in [9.17, 15) is 13.2 Å². The zero-order valence-electron chi connectivity index (χ0n) is 5.19. The van der Waals surface area contributed by atoms with E-state index in [2.05, 4.69) is 4.98 Å². The minimum absolute atomic E-state index is 0.0274. The molecule has 60 valence electrons. The first-order chi connectivity index (χ1) is 5.13. The zero-order valence-corrected chi connectivity index (χ0v) is 7.35. The van der Waals surface area contributed by atoms with Gasteiger partial charge in [-0.3, -0.25) is 0 Å². The van der Waals surface area contributed by atoms with E-state index in [4.69, 9.17) is 0 Å². The number of alkyl halides is 2. The normalized spacial score (nSPS) is 10.6. The monoisotopic (exact) mass is 273 g/mol. The van der Waals surface area contributed by atoms with Crippen LogP contribution in [-0.4, -0.2) is 4.98 Å². The number of pyridine rings is 1. The quantitative estimate of drug-likeness (QED) is 0.566. The molecule has 0 aromatic carbocycles. The second kappa shape index (κ2) is 3.38. The third-order valence-corrected chi connectivity index (χ3v) is 1.86. The SMILES string of the molecule is Fc1c(C(F)F)ccnc1I. The molecule has 0 saturated carbocycles. The maximum atomic E-state index is 12.7. The van der Waals surface area contributed by atoms with Crippen molar-refractivity contribution in [1.29, 1.82) is 0 Å². The highest BCUT2D eigenvalue weighted by Gasteiger charge is 2.15. The Morgan fingerprint density at radius 1 is 1.45 bits per heavy atom. The van der Waals surface area contributed by atoms with Crippen LogP contribution in [0.5, 0.6) is 0 Å². The van der Waals surface area contributed by atoms with Crippen molar-refractivity contribution in [3.8, 4) is 0 Å². The maximum absolute atomic E-state index is 12.7. The first kappa shape index (κ1) is 8.76. The van der Waals surface area contributed by atoms with Crippen LogP contribution in [0.2, 0.25) is 0 Å². The molecule has 0 amide bonds. The zero-order chi connectivity index (χ0) is 8.43. The van der Waals surface area contributed by atoms with E-state index in [1.165, 1.54) is 0 Å². The Balaban J connectivity index is 3.17. The average molecular weight is 273 g/mol. The molecule has 0 spiro atoms. The number of rotatable bonds is 1. The van der Waals surface area contributed by atoms with Gasteiger partial charge in [0.15, 0.2) is 5.82 Å². The molecule has 1 nitrogen and oxygen atoms in total. The fraction of sp³-hybridized carbons (Fsp3) is 0.167. The van der Waals surface area contributed by atoms with Gasteiger partial charge in [0.1, 0.15) is 3.70 Å². The summed E-state index contributed by atoms with van der Waals surface area (Å²) >= 11 is 1.56. The molecule has 1 aromatic heterocycles. The second-order valence-electron chi connectivity index (χ2n) is 1.81. The van der Waals surface area contributed by atoms with Crippen LogP contribution in [0.25, 0.3) is 0 Å². The Labute approximate surface area is 74.8 Å². The number of aromatic nitrogens is 1. The van der Waals surface area contributed by atoms with Gasteiger partial charge in [0.2, 0.25) is 0 Å². The number of hydrogen-bond donors (Lipinski definition) is 0. The molecule has 0 atom stereocenters. The third kappa shape index (κ3) is 1.82. The molecule has 5 heteroatoms. The van der Waals surface area contributed by atoms with Crippen LogP contribution in [0.3, 0.4) is 0 Å². The van der Waals surface area contributed by atoms with Gasteiger partial charge in [0.25, 0.3) is 6.43 Å². The molecule has 0 unspecified atom stereocenters. The summed E-state index contributed by atoms with van der Waals surface area (Å²) in [6.45, 7) is 0. The molecule has 1 rings (SSSR count). The van der Waals surface area contributed by atoms with Gasteiger partial charge in [-0.05, 0) is 28.7 Å². The van der Waals surface area contributed by atoms with E-state index in [-0.39, 0.29) is 3.70 Å². The molecule has 0 aliphatic heterocycles. The molecule has 0 bridgehead atoms. The van der Waals surface area contributed by atoms with Crippen LogP contribution < -0.4 is 0 Å². The lowest BCUT2D eigenvalue weighted by Crippen LogP contribution is -1.95. The van der Waals surface area contributed by atoms with Crippen molar-refractivity contribution in [2.75, 3.05) is 0 Å². The number of hydrogen-bond acceptors (Lipinski definition) is 1. The lowest BCUT2D eigenvalue weighted by atomic mass is 10.3. The minimum Gasteiger partial charge on any atom is -0.247 e. The third-order valence-electron chi connectivity index (χ3n) is 1.11. The van der Waals surface area contributed by atoms with Crippen molar-refractivity contribution < 1.29 is 13.2 Å². The van der Waals surface area contributed by atoms with Crippen molar-refractivity contribution in [2.45, 2.75) is 6.43 Å². The fourth-order valence-corrected chi connectivity index (χ4v) is 1.07. The van der Waals surface area contributed by atoms with Crippen LogP contribution >= 0.6 is 22.6 Å². The molecule has 1 aromatic rings. The van der Waals surface area contributed by atoms with Crippen LogP contribution in [0.15, 0.2) is 12.3 Å². The highest BCUT2D eigenvalue weighted by atomic mass is 127. The van der Waals surface area contributed by atoms with Gasteiger partial charge in [0, 0.05) is 6.20 Å². The van der Waals surface area contributed by atoms with Crippen LogP contribution in [0.4, 0.5) is 13.2 Å². The predicted octanol–water partition coefficient (Wildman–Crippen LogP) is 2.76. The fourth-order valence-electron chi connectivity index (χ4n) is 0.600. The summed E-state index contributed by atoms with van der Waals surface area (Å²) in [6, 6.07) is 0.974. The van der Waals surface area contributed by atoms with E-state index in [0.29, 0.717) is 0 Å². The van der Waals surface area contributed by atoms with Gasteiger partial charge in [-0.15, -0.1) is 0 Å². The summed E-state index contributed by atoms with van der Waals surface area (Å²) in [4.78, 5) is 3.50. The molecule has 0 saturated heterocycles. The van der Waals surface area contributed by atoms with E-state index in [1.54, 1.807) is 22.6 Å². The van der Waals surface area contributed by atoms with Crippen LogP contribution in [-0.2, 0) is 0 Å². The summed E-state index contributed by atoms with van der Waals surface area (Å²) in [7, 11) is 0. The Morgan fingerprint density at radius 3 is 2.55 bits per heavy atom. The lowest BCUT2D eigenvalue weighted by molar-refractivity contribution is 0.146. The average Bonchev–Trinajstić information content (AvgIpc) is 1.94. The predicted molar refractivity (Wildman–Crippen MR) is 41.9 cm³/mol. The number of halogens is 4. The summed E-state index contributed by atoms with van der Waals surface area (Å²) in [5.74, 6) is -0.928. The maximum Gasteiger partial charge on any atom is 0.266 e. The molecule has 11 heavy (non-hydrogen) atoms. The first-order valence-electron chi connectivity index (χ1n) is 2.71. The highest BCUT2D eigenvalue weighted by Crippen LogP contribution is 2.23. The van der Waals surface area contributed by atoms with Gasteiger partial charge in [0.05, 0.1) is 5.56 Å². The van der Waals surface area contributed by atoms with Crippen molar-refractivity contribution in [3.05, 3.63) is 27.3 Å². The van der Waals surface area contributed by atoms with Crippen molar-refractivity contribution in [1.82, 2.24) is 4.98 Å². The van der Waals surface area contributed by atoms with E-state index in [1.807, 2.05) is 0 Å². The van der Waals surface area contributed by atoms with Crippen LogP contribution in [0.1, 0.15) is 12.0 Å². The first-order valence-corrected chi connectivity index (χ1v) is 3.79. The molecule has 0 aliphatic rings. The molecular weight excluding hydrogens is 270 g/mol. The topological polar surface area (TPSA) is 12.9 Å². The standard InChI is InChI=1S/C6H3F3IN/c7-4-3(5(8)9)1-2-11-6(4)10/h1-2,5H. The van der Waals surface area contributed by atoms with Crippen molar-refractivity contribution in [2.24, 2.45) is 0 Å². The molecule has 0 aliphatic carbocycles. The van der Waals surface area contributed by atoms with Gasteiger partial charge < -0.3 is 0 Å². The Morgan fingerprint density at radius 2 is 2.09 bits per heavy atom. The van der Waals surface area contributed by atoms with Gasteiger partial charge >= 0.3 is 0 Å². The largest absolute Gasteiger partial charge is 0.266 e. The van der Waals surface area contributed by atoms with Gasteiger partial charge in [-0.25, -0.2) is 18.2 Å². The van der Waals surface area contributed by atoms with Crippen molar-refractivity contribution >= 4 is 22.6 Å². The highest BCUT2D eigenvalue weighted by molar-refractivity contribution is 14.1. The van der Waals surface area contributed by atoms with Crippen molar-refractivity contribution in [3.63, 3.8) is 0 Å². The van der Waals surface area contributed by atoms with E-state index < -0.39 is 17.8 Å². The van der Waals surface area contributed by atoms with Gasteiger partial charge in [-0.1, -0.05) is 0 Å². The lowest BCUT2D eigenvalue weighted by Gasteiger charge is -2.00. The Kier molecular flexibility index (Phi) is 2.69. The van der Waals surface area contributed by atoms with E-state index in [0.717, 1.165) is 12.3 Å². The van der Waals surface area contributed by atoms with Gasteiger partial charge in [-0.2, -0.15) is 0 Å². The summed E-state index contributed by atoms with van der Waals surface area (Å²) < 4.78 is 36.5. The molecule has 0 radical (unpaired) electrons. The molecular formula is C6H3F3IN. The Hall–Kier alpha value is -0.330. The Bertz CT molecular complexity index is 264. The smallest absolute Gasteiger partial charge is 0.247 e. The summed E-state index contributed by atoms with van der Waals surface area (Å²) in [6.07, 6.45) is -1.61. The molecule has 1 heterocycles.